The number of ether oxygens (including phenoxy) is 5. The lowest BCUT2D eigenvalue weighted by Crippen LogP contribution is -2.61. The van der Waals surface area contributed by atoms with Gasteiger partial charge in [0.15, 0.2) is 24.6 Å². The molecule has 0 saturated carbocycles. The van der Waals surface area contributed by atoms with Crippen molar-refractivity contribution in [1.82, 2.24) is 0 Å². The fourth-order valence-corrected chi connectivity index (χ4v) is 8.74. The Kier molecular flexibility index (Phi) is 48.4. The smallest absolute Gasteiger partial charge is 0.335 e. The van der Waals surface area contributed by atoms with Crippen LogP contribution in [0.1, 0.15) is 252 Å². The van der Waals surface area contributed by atoms with Gasteiger partial charge in [0.1, 0.15) is 18.8 Å². The molecule has 6 atom stereocenters. The predicted octanol–water partition coefficient (Wildman–Crippen LogP) is 15.9. The van der Waals surface area contributed by atoms with Crippen molar-refractivity contribution in [3.8, 4) is 0 Å². The van der Waals surface area contributed by atoms with Crippen LogP contribution in [-0.4, -0.2) is 89.2 Å². The van der Waals surface area contributed by atoms with Gasteiger partial charge in [-0.25, -0.2) is 4.79 Å². The molecule has 0 spiro atoms. The summed E-state index contributed by atoms with van der Waals surface area (Å²) >= 11 is 0. The average molecular weight is 1080 g/mol. The highest BCUT2D eigenvalue weighted by Crippen LogP contribution is 2.26. The first-order valence-electron chi connectivity index (χ1n) is 30.6. The zero-order chi connectivity index (χ0) is 56.1. The maximum Gasteiger partial charge on any atom is 0.335 e. The summed E-state index contributed by atoms with van der Waals surface area (Å²) in [7, 11) is 0. The fourth-order valence-electron chi connectivity index (χ4n) is 8.74. The number of carbonyl (C=O) groups excluding carboxylic acids is 3. The molecule has 0 aliphatic carbocycles. The molecule has 1 saturated heterocycles. The molecule has 3 N–H and O–H groups in total. The van der Waals surface area contributed by atoms with E-state index >= 15 is 0 Å². The van der Waals surface area contributed by atoms with E-state index < -0.39 is 67.3 Å². The highest BCUT2D eigenvalue weighted by Gasteiger charge is 2.50. The van der Waals surface area contributed by atoms with Crippen LogP contribution in [0.3, 0.4) is 0 Å². The van der Waals surface area contributed by atoms with Crippen LogP contribution < -0.4 is 0 Å². The van der Waals surface area contributed by atoms with Gasteiger partial charge in [0.25, 0.3) is 0 Å². The quantitative estimate of drug-likeness (QED) is 0.0228. The zero-order valence-electron chi connectivity index (χ0n) is 48.4. The molecule has 77 heavy (non-hydrogen) atoms. The molecule has 0 aromatic heterocycles. The molecule has 12 nitrogen and oxygen atoms in total. The molecule has 0 radical (unpaired) electrons. The van der Waals surface area contributed by atoms with Gasteiger partial charge in [-0.1, -0.05) is 209 Å². The summed E-state index contributed by atoms with van der Waals surface area (Å²) in [6.07, 6.45) is 55.4. The summed E-state index contributed by atoms with van der Waals surface area (Å²) in [5, 5.41) is 31.5. The summed E-state index contributed by atoms with van der Waals surface area (Å²) in [4.78, 5) is 51.2. The third-order valence-corrected chi connectivity index (χ3v) is 13.4. The maximum atomic E-state index is 13.1. The van der Waals surface area contributed by atoms with E-state index in [9.17, 15) is 34.5 Å². The lowest BCUT2D eigenvalue weighted by molar-refractivity contribution is -0.301. The van der Waals surface area contributed by atoms with Gasteiger partial charge in [-0.15, -0.1) is 0 Å². The number of carbonyl (C=O) groups is 4. The van der Waals surface area contributed by atoms with E-state index in [1.54, 1.807) is 0 Å². The summed E-state index contributed by atoms with van der Waals surface area (Å²) in [6, 6.07) is 0. The summed E-state index contributed by atoms with van der Waals surface area (Å²) < 4.78 is 28.4. The Balaban J connectivity index is 2.68. The second kappa shape index (κ2) is 52.6. The Hall–Kier alpha value is -4.10. The number of aliphatic hydroxyl groups is 2. The summed E-state index contributed by atoms with van der Waals surface area (Å²) in [5.41, 5.74) is 0. The molecule has 440 valence electrons. The lowest BCUT2D eigenvalue weighted by Gasteiger charge is -2.40. The Labute approximate surface area is 467 Å². The fraction of sp³-hybridized carbons (Fsp3) is 0.723. The molecule has 1 aliphatic rings. The third kappa shape index (κ3) is 42.5. The van der Waals surface area contributed by atoms with Gasteiger partial charge in [0.2, 0.25) is 0 Å². The Morgan fingerprint density at radius 1 is 0.442 bits per heavy atom. The number of esters is 3. The number of unbranched alkanes of at least 4 members (excludes halogenated alkanes) is 23. The first-order chi connectivity index (χ1) is 37.6. The molecule has 1 rings (SSSR count). The van der Waals surface area contributed by atoms with Crippen LogP contribution in [-0.2, 0) is 42.9 Å². The maximum absolute atomic E-state index is 13.1. The Morgan fingerprint density at radius 2 is 0.844 bits per heavy atom. The molecule has 6 unspecified atom stereocenters. The third-order valence-electron chi connectivity index (χ3n) is 13.4. The van der Waals surface area contributed by atoms with Gasteiger partial charge in [-0.2, -0.15) is 0 Å². The normalized spacial score (nSPS) is 18.6. The SMILES string of the molecule is CC/C=C\C/C=C\C/C=C\CCCCCCCC(=O)OCC(COC1OC(C(=O)O)C(O)C(O)C1OC(=O)CCCCCCCCCCC/C=C\C/C=C\CCCCC)OC(=O)CCCCCCC/C=C\C/C=C\CCC. The van der Waals surface area contributed by atoms with Gasteiger partial charge in [-0.3, -0.25) is 14.4 Å². The number of allylic oxidation sites excluding steroid dienone is 14. The van der Waals surface area contributed by atoms with Gasteiger partial charge >= 0.3 is 23.9 Å². The van der Waals surface area contributed by atoms with E-state index in [4.69, 9.17) is 23.7 Å². The van der Waals surface area contributed by atoms with Crippen LogP contribution in [0.25, 0.3) is 0 Å². The Morgan fingerprint density at radius 3 is 1.30 bits per heavy atom. The topological polar surface area (TPSA) is 175 Å². The lowest BCUT2D eigenvalue weighted by atomic mass is 9.98. The van der Waals surface area contributed by atoms with Crippen LogP contribution in [0.15, 0.2) is 85.1 Å². The van der Waals surface area contributed by atoms with Crippen LogP contribution in [0, 0.1) is 0 Å². The highest BCUT2D eigenvalue weighted by atomic mass is 16.7. The highest BCUT2D eigenvalue weighted by molar-refractivity contribution is 5.74. The number of rotatable bonds is 51. The van der Waals surface area contributed by atoms with E-state index in [1.165, 1.54) is 51.4 Å². The molecule has 12 heteroatoms. The first-order valence-corrected chi connectivity index (χ1v) is 30.6. The molecule has 0 bridgehead atoms. The van der Waals surface area contributed by atoms with E-state index in [1.807, 2.05) is 0 Å². The number of hydrogen-bond acceptors (Lipinski definition) is 11. The molecule has 0 aromatic carbocycles. The predicted molar refractivity (Wildman–Crippen MR) is 312 cm³/mol. The van der Waals surface area contributed by atoms with Crippen LogP contribution in [0.2, 0.25) is 0 Å². The molecular weight excluding hydrogens is 973 g/mol. The number of carboxylic acids is 1. The molecule has 1 fully saturated rings. The van der Waals surface area contributed by atoms with Gasteiger partial charge in [-0.05, 0) is 109 Å². The van der Waals surface area contributed by atoms with Crippen molar-refractivity contribution >= 4 is 23.9 Å². The summed E-state index contributed by atoms with van der Waals surface area (Å²) in [5.74, 6) is -3.17. The molecule has 1 heterocycles. The van der Waals surface area contributed by atoms with Crippen LogP contribution in [0.4, 0.5) is 0 Å². The van der Waals surface area contributed by atoms with Crippen molar-refractivity contribution in [2.45, 2.75) is 289 Å². The van der Waals surface area contributed by atoms with Gasteiger partial charge in [0.05, 0.1) is 6.61 Å². The number of aliphatic carboxylic acids is 1. The second-order valence-corrected chi connectivity index (χ2v) is 20.6. The van der Waals surface area contributed by atoms with Crippen LogP contribution in [0.5, 0.6) is 0 Å². The Bertz CT molecular complexity index is 1660. The van der Waals surface area contributed by atoms with Crippen molar-refractivity contribution in [2.75, 3.05) is 13.2 Å². The average Bonchev–Trinajstić information content (AvgIpc) is 3.42. The zero-order valence-corrected chi connectivity index (χ0v) is 48.4. The van der Waals surface area contributed by atoms with Crippen LogP contribution >= 0.6 is 0 Å². The monoisotopic (exact) mass is 1080 g/mol. The number of hydrogen-bond donors (Lipinski definition) is 3. The van der Waals surface area contributed by atoms with Gasteiger partial charge < -0.3 is 39.0 Å². The largest absolute Gasteiger partial charge is 0.479 e. The minimum Gasteiger partial charge on any atom is -0.479 e. The molecule has 0 aromatic rings. The van der Waals surface area contributed by atoms with Crippen molar-refractivity contribution < 1.29 is 58.2 Å². The van der Waals surface area contributed by atoms with Crippen molar-refractivity contribution in [2.24, 2.45) is 0 Å². The first kappa shape index (κ1) is 70.9. The minimum absolute atomic E-state index is 0.0496. The molecule has 1 aliphatic heterocycles. The standard InChI is InChI=1S/C65H108O12/c1-4-7-10-13-16-19-22-25-27-28-29-30-32-35-38-41-44-47-50-53-59(68)76-63-61(70)60(69)62(64(71)72)77-65(63)74-55-56(75-58(67)52-49-46-43-40-37-33-24-21-18-15-12-9-6-3)54-73-57(66)51-48-45-42-39-36-34-31-26-23-20-17-14-11-8-5-2/h8,11-12,15-17,19-21,24-27,31,56,60-63,65,69-70H,4-7,9-10,13-14,18,22-23,28-30,32-55H2,1-3H3,(H,71,72)/b11-8-,15-12-,19-16-,20-17-,24-21-,27-25-,31-26-. The van der Waals surface area contributed by atoms with E-state index in [-0.39, 0.29) is 25.9 Å². The summed E-state index contributed by atoms with van der Waals surface area (Å²) in [6.45, 7) is 5.77. The van der Waals surface area contributed by atoms with Crippen molar-refractivity contribution in [3.63, 3.8) is 0 Å². The minimum atomic E-state index is -1.91. The van der Waals surface area contributed by atoms with Crippen molar-refractivity contribution in [1.29, 1.82) is 0 Å². The second-order valence-electron chi connectivity index (χ2n) is 20.6. The molecular formula is C65H108O12. The van der Waals surface area contributed by atoms with Gasteiger partial charge in [0, 0.05) is 19.3 Å². The molecule has 0 amide bonds. The number of aliphatic hydroxyl groups excluding tert-OH is 2. The van der Waals surface area contributed by atoms with E-state index in [0.29, 0.717) is 19.3 Å². The van der Waals surface area contributed by atoms with E-state index in [0.717, 1.165) is 141 Å². The number of carboxylic acid groups (broad SMARTS) is 1. The van der Waals surface area contributed by atoms with Crippen molar-refractivity contribution in [3.05, 3.63) is 85.1 Å². The van der Waals surface area contributed by atoms with E-state index in [2.05, 4.69) is 106 Å².